The van der Waals surface area contributed by atoms with Gasteiger partial charge in [0.1, 0.15) is 0 Å². The van der Waals surface area contributed by atoms with E-state index in [0.717, 1.165) is 0 Å². The van der Waals surface area contributed by atoms with Gasteiger partial charge in [0.15, 0.2) is 0 Å². The number of halogens is 1. The van der Waals surface area contributed by atoms with Crippen molar-refractivity contribution in [3.05, 3.63) is 43.2 Å². The quantitative estimate of drug-likeness (QED) is 0.739. The molecule has 0 nitrogen and oxygen atoms in total. The molecule has 2 aromatic heterocycles. The molecule has 66 valence electrons. The second kappa shape index (κ2) is 4.22. The zero-order chi connectivity index (χ0) is 9.10. The van der Waals surface area contributed by atoms with E-state index in [0.29, 0.717) is 0 Å². The molecule has 0 unspecified atom stereocenters. The lowest BCUT2D eigenvalue weighted by molar-refractivity contribution is 1.84. The van der Waals surface area contributed by atoms with E-state index in [2.05, 4.69) is 57.0 Å². The normalized spacial score (nSPS) is 11.2. The van der Waals surface area contributed by atoms with E-state index in [1.54, 1.807) is 22.7 Å². The van der Waals surface area contributed by atoms with E-state index in [4.69, 9.17) is 0 Å². The average molecular weight is 271 g/mol. The largest absolute Gasteiger partial charge is 0.144 e. The molecule has 0 saturated carbocycles. The average Bonchev–Trinajstić information content (AvgIpc) is 2.72. The zero-order valence-corrected chi connectivity index (χ0v) is 9.95. The maximum atomic E-state index is 3.49. The van der Waals surface area contributed by atoms with E-state index < -0.39 is 0 Å². The predicted octanol–water partition coefficient (Wildman–Crippen LogP) is 4.74. The lowest BCUT2D eigenvalue weighted by Crippen LogP contribution is -1.61. The summed E-state index contributed by atoms with van der Waals surface area (Å²) in [4.78, 5) is 2.56. The lowest BCUT2D eigenvalue weighted by atomic mass is 10.4. The molecule has 2 rings (SSSR count). The molecule has 0 aliphatic rings. The van der Waals surface area contributed by atoms with Gasteiger partial charge >= 0.3 is 0 Å². The highest BCUT2D eigenvalue weighted by molar-refractivity contribution is 9.10. The molecule has 0 aromatic carbocycles. The summed E-state index contributed by atoms with van der Waals surface area (Å²) in [6.45, 7) is 0. The van der Waals surface area contributed by atoms with Crippen molar-refractivity contribution in [2.24, 2.45) is 0 Å². The Kier molecular flexibility index (Phi) is 2.98. The van der Waals surface area contributed by atoms with Crippen molar-refractivity contribution < 1.29 is 0 Å². The Morgan fingerprint density at radius 3 is 2.62 bits per heavy atom. The van der Waals surface area contributed by atoms with Crippen molar-refractivity contribution in [3.63, 3.8) is 0 Å². The van der Waals surface area contributed by atoms with Crippen LogP contribution in [0.25, 0.3) is 12.2 Å². The van der Waals surface area contributed by atoms with Crippen LogP contribution in [0, 0.1) is 0 Å². The van der Waals surface area contributed by atoms with Crippen molar-refractivity contribution in [1.82, 2.24) is 0 Å². The number of hydrogen-bond acceptors (Lipinski definition) is 2. The first-order chi connectivity index (χ1) is 6.36. The molecule has 2 aromatic rings. The van der Waals surface area contributed by atoms with Gasteiger partial charge in [0.05, 0.1) is 0 Å². The highest BCUT2D eigenvalue weighted by atomic mass is 79.9. The summed E-state index contributed by atoms with van der Waals surface area (Å²) >= 11 is 6.99. The van der Waals surface area contributed by atoms with Gasteiger partial charge in [0.2, 0.25) is 0 Å². The number of thiophene rings is 2. The molecule has 0 radical (unpaired) electrons. The van der Waals surface area contributed by atoms with Crippen LogP contribution in [-0.2, 0) is 0 Å². The van der Waals surface area contributed by atoms with Gasteiger partial charge in [-0.15, -0.1) is 22.7 Å². The number of hydrogen-bond donors (Lipinski definition) is 0. The molecule has 0 aliphatic heterocycles. The lowest BCUT2D eigenvalue weighted by Gasteiger charge is -1.86. The van der Waals surface area contributed by atoms with Crippen LogP contribution >= 0.6 is 38.6 Å². The van der Waals surface area contributed by atoms with Crippen LogP contribution in [0.15, 0.2) is 33.4 Å². The molecule has 2 heterocycles. The van der Waals surface area contributed by atoms with Crippen molar-refractivity contribution in [2.45, 2.75) is 0 Å². The second-order valence-corrected chi connectivity index (χ2v) is 5.26. The summed E-state index contributed by atoms with van der Waals surface area (Å²) in [5, 5.41) is 4.17. The summed E-state index contributed by atoms with van der Waals surface area (Å²) in [6.07, 6.45) is 4.28. The molecule has 0 spiro atoms. The molecule has 0 saturated heterocycles. The van der Waals surface area contributed by atoms with Crippen LogP contribution in [0.3, 0.4) is 0 Å². The van der Waals surface area contributed by atoms with Crippen molar-refractivity contribution in [1.29, 1.82) is 0 Å². The topological polar surface area (TPSA) is 0 Å². The third-order valence-electron chi connectivity index (χ3n) is 1.59. The van der Waals surface area contributed by atoms with Gasteiger partial charge in [0, 0.05) is 14.2 Å². The molecular weight excluding hydrogens is 264 g/mol. The molecule has 0 aliphatic carbocycles. The minimum absolute atomic E-state index is 1.17. The summed E-state index contributed by atoms with van der Waals surface area (Å²) in [6, 6.07) is 6.25. The minimum atomic E-state index is 1.17. The third kappa shape index (κ3) is 2.30. The van der Waals surface area contributed by atoms with Gasteiger partial charge in [-0.2, -0.15) is 0 Å². The summed E-state index contributed by atoms with van der Waals surface area (Å²) in [5.74, 6) is 0. The fourth-order valence-electron chi connectivity index (χ4n) is 0.968. The fraction of sp³-hybridized carbons (Fsp3) is 0. The van der Waals surface area contributed by atoms with Crippen LogP contribution in [0.2, 0.25) is 0 Å². The van der Waals surface area contributed by atoms with Crippen molar-refractivity contribution in [3.8, 4) is 0 Å². The molecule has 13 heavy (non-hydrogen) atoms. The van der Waals surface area contributed by atoms with E-state index in [9.17, 15) is 0 Å². The molecule has 3 heteroatoms. The molecular formula is C10H7BrS2. The van der Waals surface area contributed by atoms with Crippen LogP contribution < -0.4 is 0 Å². The summed E-state index contributed by atoms with van der Waals surface area (Å²) < 4.78 is 1.17. The fourth-order valence-corrected chi connectivity index (χ4v) is 2.98. The third-order valence-corrected chi connectivity index (χ3v) is 4.26. The van der Waals surface area contributed by atoms with Gasteiger partial charge in [-0.05, 0) is 51.0 Å². The van der Waals surface area contributed by atoms with Crippen LogP contribution in [0.4, 0.5) is 0 Å². The first kappa shape index (κ1) is 9.19. The zero-order valence-electron chi connectivity index (χ0n) is 6.74. The molecule has 0 bridgehead atoms. The standard InChI is InChI=1S/C10H7BrS2/c11-9-5-7-13-10(9)4-3-8-2-1-6-12-8/h1-7H/b4-3-. The van der Waals surface area contributed by atoms with Crippen LogP contribution in [0.1, 0.15) is 9.75 Å². The van der Waals surface area contributed by atoms with Gasteiger partial charge in [-0.1, -0.05) is 6.07 Å². The van der Waals surface area contributed by atoms with Crippen molar-refractivity contribution >= 4 is 50.8 Å². The molecule has 0 N–H and O–H groups in total. The Morgan fingerprint density at radius 1 is 1.08 bits per heavy atom. The van der Waals surface area contributed by atoms with E-state index in [1.165, 1.54) is 14.2 Å². The predicted molar refractivity (Wildman–Crippen MR) is 65.3 cm³/mol. The highest BCUT2D eigenvalue weighted by Gasteiger charge is 1.95. The highest BCUT2D eigenvalue weighted by Crippen LogP contribution is 2.25. The van der Waals surface area contributed by atoms with E-state index in [1.807, 2.05) is 0 Å². The molecule has 0 fully saturated rings. The van der Waals surface area contributed by atoms with Gasteiger partial charge in [-0.3, -0.25) is 0 Å². The maximum Gasteiger partial charge on any atom is 0.0412 e. The summed E-state index contributed by atoms with van der Waals surface area (Å²) in [5.41, 5.74) is 0. The van der Waals surface area contributed by atoms with Crippen LogP contribution in [-0.4, -0.2) is 0 Å². The Bertz CT molecular complexity index is 398. The smallest absolute Gasteiger partial charge is 0.0412 e. The monoisotopic (exact) mass is 270 g/mol. The SMILES string of the molecule is Brc1ccsc1/C=C\c1cccs1. The number of rotatable bonds is 2. The van der Waals surface area contributed by atoms with Crippen molar-refractivity contribution in [2.75, 3.05) is 0 Å². The van der Waals surface area contributed by atoms with Gasteiger partial charge in [0.25, 0.3) is 0 Å². The van der Waals surface area contributed by atoms with E-state index >= 15 is 0 Å². The Hall–Kier alpha value is -0.380. The minimum Gasteiger partial charge on any atom is -0.144 e. The van der Waals surface area contributed by atoms with E-state index in [-0.39, 0.29) is 0 Å². The Morgan fingerprint density at radius 2 is 2.00 bits per heavy atom. The first-order valence-corrected chi connectivity index (χ1v) is 6.36. The van der Waals surface area contributed by atoms with Crippen LogP contribution in [0.5, 0.6) is 0 Å². The Labute approximate surface area is 93.7 Å². The molecule has 0 atom stereocenters. The first-order valence-electron chi connectivity index (χ1n) is 3.81. The van der Waals surface area contributed by atoms with Gasteiger partial charge in [-0.25, -0.2) is 0 Å². The second-order valence-electron chi connectivity index (χ2n) is 2.48. The summed E-state index contributed by atoms with van der Waals surface area (Å²) in [7, 11) is 0. The Balaban J connectivity index is 2.19. The van der Waals surface area contributed by atoms with Gasteiger partial charge < -0.3 is 0 Å². The molecule has 0 amide bonds. The maximum absolute atomic E-state index is 3.49.